The fourth-order valence-electron chi connectivity index (χ4n) is 1.89. The van der Waals surface area contributed by atoms with Crippen molar-refractivity contribution in [2.45, 2.75) is 6.61 Å². The summed E-state index contributed by atoms with van der Waals surface area (Å²) < 4.78 is 16.4. The van der Waals surface area contributed by atoms with Crippen LogP contribution in [0.4, 0.5) is 5.69 Å². The average Bonchev–Trinajstić information content (AvgIpc) is 2.88. The predicted octanol–water partition coefficient (Wildman–Crippen LogP) is 3.00. The van der Waals surface area contributed by atoms with Gasteiger partial charge in [-0.15, -0.1) is 0 Å². The Bertz CT molecular complexity index is 737. The highest BCUT2D eigenvalue weighted by atomic mass is 16.5. The number of hydrogen-bond acceptors (Lipinski definition) is 5. The maximum atomic E-state index is 5.81. The number of oxazole rings is 1. The zero-order chi connectivity index (χ0) is 13.9. The van der Waals surface area contributed by atoms with Crippen LogP contribution in [0.25, 0.3) is 11.1 Å². The van der Waals surface area contributed by atoms with E-state index in [1.807, 2.05) is 24.3 Å². The van der Waals surface area contributed by atoms with Gasteiger partial charge in [-0.3, -0.25) is 0 Å². The van der Waals surface area contributed by atoms with Crippen molar-refractivity contribution < 1.29 is 13.9 Å². The number of para-hydroxylation sites is 2. The molecular weight excluding hydrogens is 256 g/mol. The highest BCUT2D eigenvalue weighted by Gasteiger charge is 2.08. The zero-order valence-electron chi connectivity index (χ0n) is 11.0. The van der Waals surface area contributed by atoms with Crippen LogP contribution in [0.2, 0.25) is 0 Å². The molecule has 0 bridgehead atoms. The lowest BCUT2D eigenvalue weighted by Crippen LogP contribution is -1.98. The maximum Gasteiger partial charge on any atom is 0.233 e. The van der Waals surface area contributed by atoms with Gasteiger partial charge in [-0.05, 0) is 24.3 Å². The summed E-state index contributed by atoms with van der Waals surface area (Å²) in [5.74, 6) is 1.84. The minimum Gasteiger partial charge on any atom is -0.497 e. The quantitative estimate of drug-likeness (QED) is 0.738. The molecule has 0 aliphatic carbocycles. The first-order chi connectivity index (χ1) is 9.76. The Balaban J connectivity index is 1.79. The number of aromatic nitrogens is 1. The SMILES string of the molecule is COc1ccc2nc(COc3ccccc3N)oc2c1. The number of ether oxygens (including phenoxy) is 2. The molecule has 0 unspecified atom stereocenters. The molecule has 1 aromatic heterocycles. The van der Waals surface area contributed by atoms with Crippen LogP contribution in [0.1, 0.15) is 5.89 Å². The van der Waals surface area contributed by atoms with E-state index in [0.717, 1.165) is 11.3 Å². The van der Waals surface area contributed by atoms with Gasteiger partial charge in [0.25, 0.3) is 0 Å². The number of nitrogens with two attached hydrogens (primary N) is 1. The van der Waals surface area contributed by atoms with E-state index in [4.69, 9.17) is 19.6 Å². The Morgan fingerprint density at radius 1 is 1.20 bits per heavy atom. The lowest BCUT2D eigenvalue weighted by atomic mass is 10.3. The molecule has 0 aliphatic rings. The van der Waals surface area contributed by atoms with Gasteiger partial charge in [-0.2, -0.15) is 0 Å². The number of nitrogen functional groups attached to an aromatic ring is 1. The number of hydrogen-bond donors (Lipinski definition) is 1. The molecule has 3 aromatic rings. The predicted molar refractivity (Wildman–Crippen MR) is 75.7 cm³/mol. The van der Waals surface area contributed by atoms with E-state index in [2.05, 4.69) is 4.98 Å². The van der Waals surface area contributed by atoms with Crippen LogP contribution in [0.15, 0.2) is 46.9 Å². The molecule has 5 heteroatoms. The molecule has 3 rings (SSSR count). The van der Waals surface area contributed by atoms with E-state index in [1.54, 1.807) is 25.3 Å². The third kappa shape index (κ3) is 2.38. The molecule has 20 heavy (non-hydrogen) atoms. The second kappa shape index (κ2) is 5.13. The monoisotopic (exact) mass is 270 g/mol. The molecule has 5 nitrogen and oxygen atoms in total. The molecule has 0 aliphatic heterocycles. The molecule has 2 N–H and O–H groups in total. The number of rotatable bonds is 4. The minimum absolute atomic E-state index is 0.227. The highest BCUT2D eigenvalue weighted by molar-refractivity contribution is 5.74. The lowest BCUT2D eigenvalue weighted by Gasteiger charge is -2.05. The number of nitrogens with zero attached hydrogens (tertiary/aromatic N) is 1. The maximum absolute atomic E-state index is 5.81. The van der Waals surface area contributed by atoms with Crippen molar-refractivity contribution in [3.05, 3.63) is 48.4 Å². The number of anilines is 1. The Hall–Kier alpha value is -2.69. The molecular formula is C15H14N2O3. The van der Waals surface area contributed by atoms with Gasteiger partial charge in [-0.1, -0.05) is 12.1 Å². The first-order valence-corrected chi connectivity index (χ1v) is 6.17. The molecule has 0 atom stereocenters. The van der Waals surface area contributed by atoms with E-state index >= 15 is 0 Å². The van der Waals surface area contributed by atoms with Crippen molar-refractivity contribution in [3.63, 3.8) is 0 Å². The summed E-state index contributed by atoms with van der Waals surface area (Å²) in [5, 5.41) is 0. The van der Waals surface area contributed by atoms with E-state index < -0.39 is 0 Å². The van der Waals surface area contributed by atoms with Gasteiger partial charge in [0.2, 0.25) is 5.89 Å². The van der Waals surface area contributed by atoms with Gasteiger partial charge in [0, 0.05) is 6.07 Å². The second-order valence-electron chi connectivity index (χ2n) is 4.27. The molecule has 0 fully saturated rings. The molecule has 0 saturated carbocycles. The summed E-state index contributed by atoms with van der Waals surface area (Å²) in [6.45, 7) is 0.227. The lowest BCUT2D eigenvalue weighted by molar-refractivity contribution is 0.268. The first kappa shape index (κ1) is 12.3. The fraction of sp³-hybridized carbons (Fsp3) is 0.133. The number of methoxy groups -OCH3 is 1. The largest absolute Gasteiger partial charge is 0.497 e. The van der Waals surface area contributed by atoms with Crippen molar-refractivity contribution in [2.24, 2.45) is 0 Å². The Morgan fingerprint density at radius 2 is 2.05 bits per heavy atom. The third-order valence-corrected chi connectivity index (χ3v) is 2.91. The Kier molecular flexibility index (Phi) is 3.16. The third-order valence-electron chi connectivity index (χ3n) is 2.91. The molecule has 102 valence electrons. The van der Waals surface area contributed by atoms with Crippen LogP contribution in [0.3, 0.4) is 0 Å². The van der Waals surface area contributed by atoms with Crippen molar-refractivity contribution in [2.75, 3.05) is 12.8 Å². The van der Waals surface area contributed by atoms with Gasteiger partial charge in [0.1, 0.15) is 17.0 Å². The smallest absolute Gasteiger partial charge is 0.233 e. The van der Waals surface area contributed by atoms with Gasteiger partial charge in [0.15, 0.2) is 12.2 Å². The van der Waals surface area contributed by atoms with Crippen LogP contribution < -0.4 is 15.2 Å². The van der Waals surface area contributed by atoms with E-state index in [1.165, 1.54) is 0 Å². The van der Waals surface area contributed by atoms with E-state index in [-0.39, 0.29) is 6.61 Å². The molecule has 0 amide bonds. The molecule has 1 heterocycles. The van der Waals surface area contributed by atoms with Crippen LogP contribution in [0, 0.1) is 0 Å². The second-order valence-corrected chi connectivity index (χ2v) is 4.27. The van der Waals surface area contributed by atoms with Crippen LogP contribution >= 0.6 is 0 Å². The van der Waals surface area contributed by atoms with Gasteiger partial charge < -0.3 is 19.6 Å². The summed E-state index contributed by atoms with van der Waals surface area (Å²) in [5.41, 5.74) is 7.83. The van der Waals surface area contributed by atoms with Crippen LogP contribution in [-0.2, 0) is 6.61 Å². The summed E-state index contributed by atoms with van der Waals surface area (Å²) >= 11 is 0. The topological polar surface area (TPSA) is 70.5 Å². The summed E-state index contributed by atoms with van der Waals surface area (Å²) in [4.78, 5) is 4.34. The zero-order valence-corrected chi connectivity index (χ0v) is 11.0. The van der Waals surface area contributed by atoms with Gasteiger partial charge >= 0.3 is 0 Å². The molecule has 0 spiro atoms. The molecule has 0 radical (unpaired) electrons. The standard InChI is InChI=1S/C15H14N2O3/c1-18-10-6-7-12-14(8-10)20-15(17-12)9-19-13-5-3-2-4-11(13)16/h2-8H,9,16H2,1H3. The van der Waals surface area contributed by atoms with Crippen LogP contribution in [-0.4, -0.2) is 12.1 Å². The highest BCUT2D eigenvalue weighted by Crippen LogP contribution is 2.24. The average molecular weight is 270 g/mol. The Labute approximate surface area is 115 Å². The number of fused-ring (bicyclic) bond motifs is 1. The van der Waals surface area contributed by atoms with E-state index in [0.29, 0.717) is 22.9 Å². The first-order valence-electron chi connectivity index (χ1n) is 6.17. The fourth-order valence-corrected chi connectivity index (χ4v) is 1.89. The minimum atomic E-state index is 0.227. The van der Waals surface area contributed by atoms with Gasteiger partial charge in [-0.25, -0.2) is 4.98 Å². The van der Waals surface area contributed by atoms with Gasteiger partial charge in [0.05, 0.1) is 12.8 Å². The van der Waals surface area contributed by atoms with Crippen molar-refractivity contribution in [1.82, 2.24) is 4.98 Å². The summed E-state index contributed by atoms with van der Waals surface area (Å²) in [6, 6.07) is 12.8. The van der Waals surface area contributed by atoms with Crippen LogP contribution in [0.5, 0.6) is 11.5 Å². The molecule has 2 aromatic carbocycles. The van der Waals surface area contributed by atoms with Crippen molar-refractivity contribution >= 4 is 16.8 Å². The van der Waals surface area contributed by atoms with Crippen molar-refractivity contribution in [3.8, 4) is 11.5 Å². The summed E-state index contributed by atoms with van der Waals surface area (Å²) in [7, 11) is 1.61. The van der Waals surface area contributed by atoms with Crippen molar-refractivity contribution in [1.29, 1.82) is 0 Å². The summed E-state index contributed by atoms with van der Waals surface area (Å²) in [6.07, 6.45) is 0. The molecule has 0 saturated heterocycles. The number of benzene rings is 2. The van der Waals surface area contributed by atoms with E-state index in [9.17, 15) is 0 Å². The normalized spacial score (nSPS) is 10.7. The Morgan fingerprint density at radius 3 is 2.85 bits per heavy atom.